The van der Waals surface area contributed by atoms with Crippen LogP contribution >= 0.6 is 0 Å². The molecule has 2 heteroatoms. The maximum atomic E-state index is 5.63. The summed E-state index contributed by atoms with van der Waals surface area (Å²) in [6.07, 6.45) is 2.94. The van der Waals surface area contributed by atoms with Crippen LogP contribution in [0.1, 0.15) is 22.3 Å². The third-order valence-corrected chi connectivity index (χ3v) is 9.83. The molecule has 0 amide bonds. The molecule has 0 unspecified atom stereocenters. The van der Waals surface area contributed by atoms with Gasteiger partial charge >= 0.3 is 0 Å². The maximum absolute atomic E-state index is 5.63. The van der Waals surface area contributed by atoms with E-state index in [1.807, 2.05) is 12.1 Å². The van der Waals surface area contributed by atoms with Gasteiger partial charge < -0.3 is 9.47 Å². The molecule has 1 aliphatic carbocycles. The van der Waals surface area contributed by atoms with E-state index in [-0.39, 0.29) is 0 Å². The highest BCUT2D eigenvalue weighted by Crippen LogP contribution is 2.60. The second-order valence-corrected chi connectivity index (χ2v) is 12.2. The fraction of sp³-hybridized carbons (Fsp3) is 0.0222. The zero-order chi connectivity index (χ0) is 31.5. The van der Waals surface area contributed by atoms with Gasteiger partial charge in [-0.15, -0.1) is 0 Å². The third kappa shape index (κ3) is 3.98. The summed E-state index contributed by atoms with van der Waals surface area (Å²) in [6, 6.07) is 53.1. The van der Waals surface area contributed by atoms with Crippen molar-refractivity contribution in [3.05, 3.63) is 194 Å². The van der Waals surface area contributed by atoms with Crippen LogP contribution in [0.5, 0.6) is 11.5 Å². The van der Waals surface area contributed by atoms with Crippen molar-refractivity contribution in [1.29, 1.82) is 0 Å². The average molecular weight is 603 g/mol. The summed E-state index contributed by atoms with van der Waals surface area (Å²) in [5.74, 6) is 1.55. The lowest BCUT2D eigenvalue weighted by atomic mass is 9.66. The molecule has 0 aromatic heterocycles. The summed E-state index contributed by atoms with van der Waals surface area (Å²) in [5, 5.41) is 9.53. The molecular weight excluding hydrogens is 572 g/mol. The van der Waals surface area contributed by atoms with Crippen LogP contribution in [-0.2, 0) is 5.41 Å². The zero-order valence-electron chi connectivity index (χ0n) is 25.7. The van der Waals surface area contributed by atoms with E-state index in [1.54, 1.807) is 0 Å². The molecule has 8 aromatic rings. The molecule has 47 heavy (non-hydrogen) atoms. The second-order valence-electron chi connectivity index (χ2n) is 12.2. The molecule has 9 rings (SSSR count). The summed E-state index contributed by atoms with van der Waals surface area (Å²) in [4.78, 5) is 0. The van der Waals surface area contributed by atoms with Gasteiger partial charge in [-0.3, -0.25) is 0 Å². The summed E-state index contributed by atoms with van der Waals surface area (Å²) in [7, 11) is 0. The predicted octanol–water partition coefficient (Wildman–Crippen LogP) is 11.7. The van der Waals surface area contributed by atoms with Crippen LogP contribution in [-0.4, -0.2) is 0 Å². The second kappa shape index (κ2) is 10.5. The topological polar surface area (TPSA) is 18.5 Å². The minimum Gasteiger partial charge on any atom is -0.466 e. The fourth-order valence-electron chi connectivity index (χ4n) is 7.91. The first-order chi connectivity index (χ1) is 23.2. The van der Waals surface area contributed by atoms with E-state index in [9.17, 15) is 0 Å². The molecule has 2 nitrogen and oxygen atoms in total. The third-order valence-electron chi connectivity index (χ3n) is 9.83. The van der Waals surface area contributed by atoms with E-state index >= 15 is 0 Å². The van der Waals surface area contributed by atoms with Crippen LogP contribution in [0.4, 0.5) is 0 Å². The van der Waals surface area contributed by atoms with E-state index in [1.165, 1.54) is 67.4 Å². The van der Waals surface area contributed by atoms with Crippen molar-refractivity contribution in [2.24, 2.45) is 0 Å². The number of hydrogen-bond acceptors (Lipinski definition) is 2. The van der Waals surface area contributed by atoms with Gasteiger partial charge in [-0.1, -0.05) is 122 Å². The smallest absolute Gasteiger partial charge is 0.127 e. The van der Waals surface area contributed by atoms with E-state index < -0.39 is 5.41 Å². The zero-order valence-corrected chi connectivity index (χ0v) is 25.7. The number of ether oxygens (including phenoxy) is 2. The van der Waals surface area contributed by atoms with Crippen LogP contribution in [0, 0.1) is 0 Å². The van der Waals surface area contributed by atoms with Crippen molar-refractivity contribution in [2.45, 2.75) is 5.41 Å². The van der Waals surface area contributed by atoms with Gasteiger partial charge in [0.15, 0.2) is 0 Å². The summed E-state index contributed by atoms with van der Waals surface area (Å²) in [5.41, 5.74) is 7.04. The SMILES string of the molecule is C=COc1ccc2cc(C3(c4ccc5cc(OC=C)ccc5c4)c4ccc5ccccc5c4-c4ccc5ccccc5c43)ccc2c1. The van der Waals surface area contributed by atoms with Gasteiger partial charge in [-0.25, -0.2) is 0 Å². The standard InChI is InChI=1S/C45H30O2/c1-3-46-37-21-15-31-25-35(19-13-33(31)27-37)45(36-20-14-34-28-38(47-4-2)22-16-32(34)26-36)42-24-18-29-9-5-7-11-39(29)43(42)41-23-17-30-10-6-8-12-40(30)44(41)45/h3-28H,1-2H2. The molecule has 0 fully saturated rings. The molecule has 0 saturated heterocycles. The Balaban J connectivity index is 1.44. The Bertz CT molecular complexity index is 2480. The molecule has 222 valence electrons. The number of benzene rings is 8. The van der Waals surface area contributed by atoms with Crippen LogP contribution < -0.4 is 9.47 Å². The molecule has 8 aromatic carbocycles. The molecule has 0 spiro atoms. The van der Waals surface area contributed by atoms with Gasteiger partial charge in [0.05, 0.1) is 17.9 Å². The van der Waals surface area contributed by atoms with Crippen molar-refractivity contribution in [1.82, 2.24) is 0 Å². The Labute approximate surface area is 273 Å². The van der Waals surface area contributed by atoms with E-state index in [2.05, 4.69) is 147 Å². The minimum absolute atomic E-state index is 0.593. The van der Waals surface area contributed by atoms with Gasteiger partial charge in [0.25, 0.3) is 0 Å². The van der Waals surface area contributed by atoms with Crippen LogP contribution in [0.15, 0.2) is 171 Å². The number of rotatable bonds is 6. The highest BCUT2D eigenvalue weighted by molar-refractivity contribution is 6.09. The molecule has 0 radical (unpaired) electrons. The Hall–Kier alpha value is -6.12. The van der Waals surface area contributed by atoms with Gasteiger partial charge in [-0.2, -0.15) is 0 Å². The Kier molecular flexibility index (Phi) is 6.06. The van der Waals surface area contributed by atoms with Crippen molar-refractivity contribution in [3.63, 3.8) is 0 Å². The van der Waals surface area contributed by atoms with Gasteiger partial charge in [0.2, 0.25) is 0 Å². The lowest BCUT2D eigenvalue weighted by molar-refractivity contribution is 0.484. The molecule has 0 aliphatic heterocycles. The lowest BCUT2D eigenvalue weighted by Gasteiger charge is -2.35. The van der Waals surface area contributed by atoms with Crippen molar-refractivity contribution < 1.29 is 9.47 Å². The Morgan fingerprint density at radius 2 is 0.936 bits per heavy atom. The van der Waals surface area contributed by atoms with Gasteiger partial charge in [0, 0.05) is 0 Å². The largest absolute Gasteiger partial charge is 0.466 e. The molecule has 1 aliphatic rings. The first-order valence-corrected chi connectivity index (χ1v) is 15.9. The predicted molar refractivity (Wildman–Crippen MR) is 195 cm³/mol. The normalized spacial score (nSPS) is 13.0. The van der Waals surface area contributed by atoms with Gasteiger partial charge in [-0.05, 0) is 113 Å². The summed E-state index contributed by atoms with van der Waals surface area (Å²) in [6.45, 7) is 7.47. The quantitative estimate of drug-likeness (QED) is 0.176. The number of fused-ring (bicyclic) bond motifs is 9. The minimum atomic E-state index is -0.593. The van der Waals surface area contributed by atoms with Crippen LogP contribution in [0.25, 0.3) is 54.2 Å². The molecule has 0 heterocycles. The van der Waals surface area contributed by atoms with Crippen LogP contribution in [0.2, 0.25) is 0 Å². The van der Waals surface area contributed by atoms with Crippen molar-refractivity contribution >= 4 is 43.1 Å². The first-order valence-electron chi connectivity index (χ1n) is 15.9. The molecular formula is C45H30O2. The monoisotopic (exact) mass is 602 g/mol. The highest BCUT2D eigenvalue weighted by atomic mass is 16.5. The molecule has 0 bridgehead atoms. The summed E-state index contributed by atoms with van der Waals surface area (Å²) < 4.78 is 11.3. The number of hydrogen-bond donors (Lipinski definition) is 0. The van der Waals surface area contributed by atoms with Crippen molar-refractivity contribution in [3.8, 4) is 22.6 Å². The highest BCUT2D eigenvalue weighted by Gasteiger charge is 2.48. The molecule has 0 atom stereocenters. The Morgan fingerprint density at radius 3 is 1.55 bits per heavy atom. The molecule has 0 N–H and O–H groups in total. The lowest BCUT2D eigenvalue weighted by Crippen LogP contribution is -2.29. The Morgan fingerprint density at radius 1 is 0.447 bits per heavy atom. The van der Waals surface area contributed by atoms with Crippen LogP contribution in [0.3, 0.4) is 0 Å². The van der Waals surface area contributed by atoms with Crippen molar-refractivity contribution in [2.75, 3.05) is 0 Å². The maximum Gasteiger partial charge on any atom is 0.127 e. The average Bonchev–Trinajstić information content (AvgIpc) is 3.43. The van der Waals surface area contributed by atoms with Gasteiger partial charge in [0.1, 0.15) is 11.5 Å². The van der Waals surface area contributed by atoms with E-state index in [4.69, 9.17) is 9.47 Å². The fourth-order valence-corrected chi connectivity index (χ4v) is 7.91. The first kappa shape index (κ1) is 27.2. The van der Waals surface area contributed by atoms with E-state index in [0.29, 0.717) is 0 Å². The van der Waals surface area contributed by atoms with E-state index in [0.717, 1.165) is 33.0 Å². The molecule has 0 saturated carbocycles. The summed E-state index contributed by atoms with van der Waals surface area (Å²) >= 11 is 0.